The van der Waals surface area contributed by atoms with E-state index in [2.05, 4.69) is 30.9 Å². The fraction of sp³-hybridized carbons (Fsp3) is 0. The van der Waals surface area contributed by atoms with Crippen molar-refractivity contribution in [2.75, 3.05) is 0 Å². The molecule has 0 radical (unpaired) electrons. The maximum absolute atomic E-state index is 11.1. The smallest absolute Gasteiger partial charge is 0.325 e. The van der Waals surface area contributed by atoms with Gasteiger partial charge >= 0.3 is 5.69 Å². The molecule has 2 aromatic rings. The summed E-state index contributed by atoms with van der Waals surface area (Å²) in [6.45, 7) is 0. The van der Waals surface area contributed by atoms with Gasteiger partial charge in [0.15, 0.2) is 0 Å². The molecular weight excluding hydrogens is 318 g/mol. The highest BCUT2D eigenvalue weighted by atomic mass is 79.9. The van der Waals surface area contributed by atoms with Gasteiger partial charge in [0.05, 0.1) is 0 Å². The van der Waals surface area contributed by atoms with Crippen LogP contribution in [-0.4, -0.2) is 21.3 Å². The number of phenolic OH excluding ortho intramolecular Hbond substituents is 1. The first-order valence-electron chi connectivity index (χ1n) is 4.91. The Kier molecular flexibility index (Phi) is 3.73. The quantitative estimate of drug-likeness (QED) is 0.586. The molecule has 0 saturated heterocycles. The largest absolute Gasteiger partial charge is 0.507 e. The lowest BCUT2D eigenvalue weighted by molar-refractivity contribution is 0.474. The average Bonchev–Trinajstić information content (AvgIpc) is 2.29. The van der Waals surface area contributed by atoms with E-state index in [1.54, 1.807) is 18.2 Å². The predicted octanol–water partition coefficient (Wildman–Crippen LogP) is 2.65. The van der Waals surface area contributed by atoms with Crippen LogP contribution in [0, 0.1) is 4.64 Å². The van der Waals surface area contributed by atoms with Crippen molar-refractivity contribution in [1.82, 2.24) is 9.97 Å². The fourth-order valence-corrected chi connectivity index (χ4v) is 1.88. The SMILES string of the molecule is O=c1[nH]c(/N=C/c2cc(Br)ccc2O)cc(=S)[nH]1. The molecule has 1 heterocycles. The Bertz CT molecular complexity index is 692. The number of phenols is 1. The van der Waals surface area contributed by atoms with Gasteiger partial charge < -0.3 is 5.11 Å². The normalized spacial score (nSPS) is 10.9. The fourth-order valence-electron chi connectivity index (χ4n) is 1.29. The third-order valence-electron chi connectivity index (χ3n) is 2.08. The van der Waals surface area contributed by atoms with E-state index in [1.165, 1.54) is 12.3 Å². The van der Waals surface area contributed by atoms with Crippen molar-refractivity contribution in [3.05, 3.63) is 49.4 Å². The Balaban J connectivity index is 2.38. The van der Waals surface area contributed by atoms with E-state index in [0.29, 0.717) is 16.0 Å². The number of aromatic nitrogens is 2. The standard InChI is InChI=1S/C11H8BrN3O2S/c12-7-1-2-8(16)6(3-7)5-13-9-4-10(18)15-11(17)14-9/h1-5,16H,(H2,14,15,17,18)/b13-5+. The second kappa shape index (κ2) is 5.28. The molecule has 1 aromatic heterocycles. The van der Waals surface area contributed by atoms with Crippen LogP contribution in [0.2, 0.25) is 0 Å². The summed E-state index contributed by atoms with van der Waals surface area (Å²) in [5.41, 5.74) is 0.108. The van der Waals surface area contributed by atoms with Gasteiger partial charge in [-0.3, -0.25) is 9.97 Å². The van der Waals surface area contributed by atoms with Crippen molar-refractivity contribution in [1.29, 1.82) is 0 Å². The van der Waals surface area contributed by atoms with Crippen molar-refractivity contribution in [3.8, 4) is 5.75 Å². The highest BCUT2D eigenvalue weighted by Crippen LogP contribution is 2.20. The molecule has 2 rings (SSSR count). The molecule has 0 fully saturated rings. The summed E-state index contributed by atoms with van der Waals surface area (Å²) < 4.78 is 1.12. The number of rotatable bonds is 2. The summed E-state index contributed by atoms with van der Waals surface area (Å²) in [4.78, 5) is 20.1. The zero-order chi connectivity index (χ0) is 13.1. The number of nitrogens with one attached hydrogen (secondary N) is 2. The molecule has 18 heavy (non-hydrogen) atoms. The first-order valence-corrected chi connectivity index (χ1v) is 6.11. The lowest BCUT2D eigenvalue weighted by Gasteiger charge is -1.99. The maximum Gasteiger partial charge on any atom is 0.325 e. The number of hydrogen-bond donors (Lipinski definition) is 3. The third kappa shape index (κ3) is 3.14. The highest BCUT2D eigenvalue weighted by Gasteiger charge is 1.99. The first kappa shape index (κ1) is 12.7. The van der Waals surface area contributed by atoms with Crippen LogP contribution >= 0.6 is 28.1 Å². The van der Waals surface area contributed by atoms with Crippen LogP contribution < -0.4 is 5.69 Å². The molecule has 5 nitrogen and oxygen atoms in total. The number of halogens is 1. The Morgan fingerprint density at radius 2 is 2.11 bits per heavy atom. The number of nitrogens with zero attached hydrogens (tertiary/aromatic N) is 1. The molecule has 0 aliphatic heterocycles. The maximum atomic E-state index is 11.1. The van der Waals surface area contributed by atoms with Crippen LogP contribution in [0.1, 0.15) is 5.56 Å². The minimum atomic E-state index is -0.423. The number of aromatic hydroxyl groups is 1. The second-order valence-corrected chi connectivity index (χ2v) is 4.79. The van der Waals surface area contributed by atoms with Crippen molar-refractivity contribution in [2.24, 2.45) is 4.99 Å². The number of aromatic amines is 2. The summed E-state index contributed by atoms with van der Waals surface area (Å²) in [6, 6.07) is 6.49. The van der Waals surface area contributed by atoms with E-state index in [1.807, 2.05) is 0 Å². The van der Waals surface area contributed by atoms with Crippen molar-refractivity contribution in [3.63, 3.8) is 0 Å². The molecule has 7 heteroatoms. The lowest BCUT2D eigenvalue weighted by atomic mass is 10.2. The molecule has 0 amide bonds. The average molecular weight is 326 g/mol. The van der Waals surface area contributed by atoms with E-state index >= 15 is 0 Å². The Labute approximate surface area is 115 Å². The van der Waals surface area contributed by atoms with Gasteiger partial charge in [-0.25, -0.2) is 9.79 Å². The van der Waals surface area contributed by atoms with Gasteiger partial charge in [0, 0.05) is 22.3 Å². The molecule has 0 spiro atoms. The van der Waals surface area contributed by atoms with Gasteiger partial charge in [-0.05, 0) is 18.2 Å². The monoisotopic (exact) mass is 325 g/mol. The summed E-state index contributed by atoms with van der Waals surface area (Å²) in [7, 11) is 0. The lowest BCUT2D eigenvalue weighted by Crippen LogP contribution is -2.08. The number of aliphatic imine (C=N–C) groups is 1. The molecule has 1 aromatic carbocycles. The molecular formula is C11H8BrN3O2S. The number of H-pyrrole nitrogens is 2. The minimum Gasteiger partial charge on any atom is -0.507 e. The van der Waals surface area contributed by atoms with Crippen molar-refractivity contribution < 1.29 is 5.11 Å². The predicted molar refractivity (Wildman–Crippen MR) is 75.3 cm³/mol. The van der Waals surface area contributed by atoms with E-state index < -0.39 is 5.69 Å². The van der Waals surface area contributed by atoms with Crippen LogP contribution in [0.3, 0.4) is 0 Å². The Morgan fingerprint density at radius 3 is 2.83 bits per heavy atom. The summed E-state index contributed by atoms with van der Waals surface area (Å²) in [5, 5.41) is 9.61. The second-order valence-electron chi connectivity index (χ2n) is 3.43. The molecule has 0 aliphatic carbocycles. The summed E-state index contributed by atoms with van der Waals surface area (Å²) in [6.07, 6.45) is 1.44. The summed E-state index contributed by atoms with van der Waals surface area (Å²) in [5.74, 6) is 0.425. The van der Waals surface area contributed by atoms with Gasteiger partial charge in [0.25, 0.3) is 0 Å². The molecule has 0 aliphatic rings. The van der Waals surface area contributed by atoms with Crippen LogP contribution in [0.5, 0.6) is 5.75 Å². The van der Waals surface area contributed by atoms with Crippen LogP contribution in [0.15, 0.2) is 38.5 Å². The minimum absolute atomic E-state index is 0.102. The highest BCUT2D eigenvalue weighted by molar-refractivity contribution is 9.10. The van der Waals surface area contributed by atoms with Gasteiger partial charge in [-0.15, -0.1) is 0 Å². The zero-order valence-corrected chi connectivity index (χ0v) is 11.4. The van der Waals surface area contributed by atoms with Gasteiger partial charge in [-0.2, -0.15) is 0 Å². The third-order valence-corrected chi connectivity index (χ3v) is 2.79. The van der Waals surface area contributed by atoms with E-state index in [0.717, 1.165) is 4.47 Å². The van der Waals surface area contributed by atoms with E-state index in [9.17, 15) is 9.90 Å². The molecule has 0 unspecified atom stereocenters. The van der Waals surface area contributed by atoms with Gasteiger partial charge in [0.1, 0.15) is 16.2 Å². The molecule has 0 saturated carbocycles. The number of benzene rings is 1. The zero-order valence-electron chi connectivity index (χ0n) is 8.98. The van der Waals surface area contributed by atoms with Gasteiger partial charge in [-0.1, -0.05) is 28.1 Å². The Hall–Kier alpha value is -1.73. The molecule has 0 bridgehead atoms. The van der Waals surface area contributed by atoms with Crippen LogP contribution in [0.25, 0.3) is 0 Å². The number of hydrogen-bond acceptors (Lipinski definition) is 4. The van der Waals surface area contributed by atoms with Gasteiger partial charge in [0.2, 0.25) is 0 Å². The molecule has 3 N–H and O–H groups in total. The first-order chi connectivity index (χ1) is 8.54. The molecule has 92 valence electrons. The van der Waals surface area contributed by atoms with E-state index in [-0.39, 0.29) is 5.75 Å². The molecule has 0 atom stereocenters. The van der Waals surface area contributed by atoms with Crippen LogP contribution in [0.4, 0.5) is 5.82 Å². The van der Waals surface area contributed by atoms with Crippen molar-refractivity contribution in [2.45, 2.75) is 0 Å². The van der Waals surface area contributed by atoms with Crippen LogP contribution in [-0.2, 0) is 0 Å². The van der Waals surface area contributed by atoms with E-state index in [4.69, 9.17) is 12.2 Å². The van der Waals surface area contributed by atoms with Crippen molar-refractivity contribution >= 4 is 40.2 Å². The summed E-state index contributed by atoms with van der Waals surface area (Å²) >= 11 is 8.15. The Morgan fingerprint density at radius 1 is 1.33 bits per heavy atom. The topological polar surface area (TPSA) is 81.2 Å².